The molecule has 0 fully saturated rings. The van der Waals surface area contributed by atoms with Gasteiger partial charge in [-0.05, 0) is 35.7 Å². The monoisotopic (exact) mass is 266 g/mol. The molecule has 3 N–H and O–H groups in total. The summed E-state index contributed by atoms with van der Waals surface area (Å²) in [6.07, 6.45) is 2.56. The quantitative estimate of drug-likeness (QED) is 0.872. The van der Waals surface area contributed by atoms with E-state index in [1.165, 1.54) is 0 Å². The highest BCUT2D eigenvalue weighted by Gasteiger charge is 2.35. The zero-order valence-corrected chi connectivity index (χ0v) is 11.0. The first-order valence-corrected chi connectivity index (χ1v) is 6.67. The predicted octanol–water partition coefficient (Wildman–Crippen LogP) is 1.17. The number of nitrogens with zero attached hydrogens (tertiary/aromatic N) is 1. The number of nitrogens with two attached hydrogens (primary N) is 1. The molecule has 0 bridgehead atoms. The molecular formula is C16H16N3O. The summed E-state index contributed by atoms with van der Waals surface area (Å²) < 4.78 is 0. The minimum atomic E-state index is -0.284. The third-order valence-corrected chi connectivity index (χ3v) is 3.74. The van der Waals surface area contributed by atoms with Gasteiger partial charge in [0.15, 0.2) is 0 Å². The maximum atomic E-state index is 11.7. The van der Waals surface area contributed by atoms with Crippen LogP contribution in [0.5, 0.6) is 0 Å². The van der Waals surface area contributed by atoms with Gasteiger partial charge in [-0.25, -0.2) is 0 Å². The zero-order valence-electron chi connectivity index (χ0n) is 11.0. The number of carbonyl (C=O) groups excluding carboxylic acids is 1. The van der Waals surface area contributed by atoms with Gasteiger partial charge in [0.05, 0.1) is 11.6 Å². The van der Waals surface area contributed by atoms with Crippen LogP contribution in [0.15, 0.2) is 42.6 Å². The zero-order chi connectivity index (χ0) is 13.9. The molecule has 20 heavy (non-hydrogen) atoms. The first-order valence-electron chi connectivity index (χ1n) is 6.67. The van der Waals surface area contributed by atoms with Gasteiger partial charge in [0.1, 0.15) is 0 Å². The Bertz CT molecular complexity index is 612. The van der Waals surface area contributed by atoms with Gasteiger partial charge >= 0.3 is 0 Å². The standard InChI is InChI=1S/C16H16N3O/c17-16(20)15-13-7-2-1-5-11(13)9-14(15)19-10-12-6-3-4-8-18-12/h2-8,14-15,19H,9-10H2,(H2,17,20)/t14-,15?/m0/s1. The van der Waals surface area contributed by atoms with Crippen molar-refractivity contribution < 1.29 is 4.79 Å². The van der Waals surface area contributed by atoms with Gasteiger partial charge in [0, 0.05) is 18.8 Å². The highest BCUT2D eigenvalue weighted by molar-refractivity contribution is 5.84. The number of aromatic nitrogens is 1. The maximum Gasteiger partial charge on any atom is 0.226 e. The average Bonchev–Trinajstić information content (AvgIpc) is 2.84. The Balaban J connectivity index is 1.76. The normalized spacial score (nSPS) is 20.6. The molecule has 4 heteroatoms. The summed E-state index contributed by atoms with van der Waals surface area (Å²) in [6, 6.07) is 14.6. The fourth-order valence-corrected chi connectivity index (χ4v) is 2.81. The van der Waals surface area contributed by atoms with Crippen molar-refractivity contribution in [2.75, 3.05) is 0 Å². The molecule has 0 spiro atoms. The summed E-state index contributed by atoms with van der Waals surface area (Å²) in [5.74, 6) is -0.559. The Hall–Kier alpha value is -2.20. The Morgan fingerprint density at radius 3 is 3.10 bits per heavy atom. The van der Waals surface area contributed by atoms with Gasteiger partial charge in [-0.15, -0.1) is 0 Å². The molecule has 0 saturated heterocycles. The van der Waals surface area contributed by atoms with Crippen LogP contribution in [0.25, 0.3) is 0 Å². The van der Waals surface area contributed by atoms with Crippen LogP contribution in [-0.4, -0.2) is 16.9 Å². The lowest BCUT2D eigenvalue weighted by atomic mass is 9.97. The largest absolute Gasteiger partial charge is 0.369 e. The number of primary amides is 1. The second kappa shape index (κ2) is 5.43. The van der Waals surface area contributed by atoms with Crippen molar-refractivity contribution >= 4 is 5.91 Å². The molecule has 1 radical (unpaired) electrons. The summed E-state index contributed by atoms with van der Waals surface area (Å²) in [4.78, 5) is 16.0. The van der Waals surface area contributed by atoms with E-state index in [2.05, 4.69) is 16.4 Å². The number of benzene rings is 1. The topological polar surface area (TPSA) is 68.0 Å². The van der Waals surface area contributed by atoms with Gasteiger partial charge in [-0.2, -0.15) is 0 Å². The van der Waals surface area contributed by atoms with Gasteiger partial charge in [0.2, 0.25) is 5.91 Å². The smallest absolute Gasteiger partial charge is 0.226 e. The van der Waals surface area contributed by atoms with E-state index in [1.807, 2.05) is 36.4 Å². The number of rotatable bonds is 4. The number of pyridine rings is 1. The fourth-order valence-electron chi connectivity index (χ4n) is 2.81. The van der Waals surface area contributed by atoms with Crippen LogP contribution in [0.1, 0.15) is 22.7 Å². The Morgan fingerprint density at radius 1 is 1.45 bits per heavy atom. The molecule has 1 aromatic heterocycles. The number of amides is 1. The number of carbonyl (C=O) groups is 1. The van der Waals surface area contributed by atoms with Crippen molar-refractivity contribution in [1.82, 2.24) is 10.3 Å². The van der Waals surface area contributed by atoms with Gasteiger partial charge < -0.3 is 11.1 Å². The minimum absolute atomic E-state index is 0.0281. The molecule has 3 rings (SSSR count). The van der Waals surface area contributed by atoms with Crippen molar-refractivity contribution in [1.29, 1.82) is 0 Å². The lowest BCUT2D eigenvalue weighted by Gasteiger charge is -2.18. The second-order valence-corrected chi connectivity index (χ2v) is 5.02. The maximum absolute atomic E-state index is 11.7. The lowest BCUT2D eigenvalue weighted by Crippen LogP contribution is -2.38. The summed E-state index contributed by atoms with van der Waals surface area (Å²) in [5.41, 5.74) is 8.69. The van der Waals surface area contributed by atoms with E-state index in [0.717, 1.165) is 23.2 Å². The van der Waals surface area contributed by atoms with Crippen LogP contribution in [0.3, 0.4) is 0 Å². The summed E-state index contributed by atoms with van der Waals surface area (Å²) in [6.45, 7) is 0.632. The molecule has 1 unspecified atom stereocenters. The lowest BCUT2D eigenvalue weighted by molar-refractivity contribution is -0.119. The molecule has 0 saturated carbocycles. The van der Waals surface area contributed by atoms with Crippen LogP contribution in [0.2, 0.25) is 0 Å². The second-order valence-electron chi connectivity index (χ2n) is 5.02. The Kier molecular flexibility index (Phi) is 3.48. The summed E-state index contributed by atoms with van der Waals surface area (Å²) in [5, 5.41) is 3.40. The van der Waals surface area contributed by atoms with E-state index >= 15 is 0 Å². The van der Waals surface area contributed by atoms with Crippen molar-refractivity contribution in [2.45, 2.75) is 24.9 Å². The SMILES string of the molecule is NC(=O)C1c2cc[c]cc2C[C@@H]1NCc1ccccn1. The Morgan fingerprint density at radius 2 is 2.35 bits per heavy atom. The molecule has 1 aromatic carbocycles. The van der Waals surface area contributed by atoms with Crippen LogP contribution in [0.4, 0.5) is 0 Å². The summed E-state index contributed by atoms with van der Waals surface area (Å²) >= 11 is 0. The predicted molar refractivity (Wildman–Crippen MR) is 75.8 cm³/mol. The number of nitrogens with one attached hydrogen (secondary N) is 1. The highest BCUT2D eigenvalue weighted by atomic mass is 16.1. The van der Waals surface area contributed by atoms with Crippen molar-refractivity contribution in [3.8, 4) is 0 Å². The first-order chi connectivity index (χ1) is 9.75. The Labute approximate surface area is 118 Å². The van der Waals surface area contributed by atoms with Crippen LogP contribution >= 0.6 is 0 Å². The minimum Gasteiger partial charge on any atom is -0.369 e. The van der Waals surface area contributed by atoms with E-state index in [4.69, 9.17) is 5.73 Å². The molecule has 101 valence electrons. The molecule has 2 aromatic rings. The van der Waals surface area contributed by atoms with Crippen molar-refractivity contribution in [3.05, 3.63) is 65.5 Å². The molecule has 1 aliphatic rings. The van der Waals surface area contributed by atoms with E-state index < -0.39 is 0 Å². The van der Waals surface area contributed by atoms with Crippen molar-refractivity contribution in [2.24, 2.45) is 5.73 Å². The first kappa shape index (κ1) is 12.8. The molecule has 4 nitrogen and oxygen atoms in total. The fraction of sp³-hybridized carbons (Fsp3) is 0.250. The van der Waals surface area contributed by atoms with Crippen LogP contribution in [0, 0.1) is 6.07 Å². The van der Waals surface area contributed by atoms with Crippen molar-refractivity contribution in [3.63, 3.8) is 0 Å². The van der Waals surface area contributed by atoms with E-state index in [-0.39, 0.29) is 17.9 Å². The molecular weight excluding hydrogens is 250 g/mol. The van der Waals surface area contributed by atoms with Crippen LogP contribution < -0.4 is 11.1 Å². The van der Waals surface area contributed by atoms with E-state index in [1.54, 1.807) is 6.20 Å². The molecule has 1 heterocycles. The molecule has 0 aliphatic heterocycles. The number of fused-ring (bicyclic) bond motifs is 1. The van der Waals surface area contributed by atoms with Gasteiger partial charge in [-0.3, -0.25) is 9.78 Å². The highest BCUT2D eigenvalue weighted by Crippen LogP contribution is 2.33. The average molecular weight is 266 g/mol. The van der Waals surface area contributed by atoms with Gasteiger partial charge in [0.25, 0.3) is 0 Å². The molecule has 1 amide bonds. The number of hydrogen-bond acceptors (Lipinski definition) is 3. The number of hydrogen-bond donors (Lipinski definition) is 2. The van der Waals surface area contributed by atoms with E-state index in [0.29, 0.717) is 6.54 Å². The van der Waals surface area contributed by atoms with Gasteiger partial charge in [-0.1, -0.05) is 24.3 Å². The van der Waals surface area contributed by atoms with Crippen LogP contribution in [-0.2, 0) is 17.8 Å². The third-order valence-electron chi connectivity index (χ3n) is 3.74. The molecule has 2 atom stereocenters. The third kappa shape index (κ3) is 2.42. The summed E-state index contributed by atoms with van der Waals surface area (Å²) in [7, 11) is 0. The van der Waals surface area contributed by atoms with E-state index in [9.17, 15) is 4.79 Å². The molecule has 1 aliphatic carbocycles.